The van der Waals surface area contributed by atoms with Gasteiger partial charge in [-0.2, -0.15) is 0 Å². The molecule has 0 N–H and O–H groups in total. The third-order valence-electron chi connectivity index (χ3n) is 5.64. The van der Waals surface area contributed by atoms with Gasteiger partial charge in [-0.3, -0.25) is 0 Å². The Morgan fingerprint density at radius 1 is 1.12 bits per heavy atom. The highest BCUT2D eigenvalue weighted by Gasteiger charge is 2.57. The van der Waals surface area contributed by atoms with E-state index in [9.17, 15) is 0 Å². The molecule has 2 aliphatic heterocycles. The lowest BCUT2D eigenvalue weighted by molar-refractivity contribution is -0.178. The van der Waals surface area contributed by atoms with Crippen LogP contribution in [0, 0.1) is 0 Å². The Labute approximate surface area is 160 Å². The summed E-state index contributed by atoms with van der Waals surface area (Å²) < 4.78 is 12.3. The molecule has 1 aliphatic carbocycles. The molecule has 26 heavy (non-hydrogen) atoms. The van der Waals surface area contributed by atoms with Gasteiger partial charge in [0.15, 0.2) is 5.79 Å². The van der Waals surface area contributed by atoms with Crippen molar-refractivity contribution < 1.29 is 9.47 Å². The quantitative estimate of drug-likeness (QED) is 0.416. The van der Waals surface area contributed by atoms with Gasteiger partial charge < -0.3 is 9.47 Å². The molecule has 142 valence electrons. The molecule has 0 amide bonds. The number of hydrogen-bond donors (Lipinski definition) is 0. The minimum absolute atomic E-state index is 0.145. The van der Waals surface area contributed by atoms with Gasteiger partial charge in [0, 0.05) is 12.8 Å². The fourth-order valence-electron chi connectivity index (χ4n) is 5.18. The molecule has 1 spiro atoms. The van der Waals surface area contributed by atoms with Gasteiger partial charge in [-0.05, 0) is 39.6 Å². The smallest absolute Gasteiger partial charge is 0.170 e. The first kappa shape index (κ1) is 19.8. The lowest BCUT2D eigenvalue weighted by Gasteiger charge is -2.56. The first-order valence-corrected chi connectivity index (χ1v) is 11.0. The second-order valence-electron chi connectivity index (χ2n) is 8.85. The molecule has 0 radical (unpaired) electrons. The van der Waals surface area contributed by atoms with Crippen molar-refractivity contribution in [3.63, 3.8) is 0 Å². The van der Waals surface area contributed by atoms with Crippen molar-refractivity contribution in [1.82, 2.24) is 0 Å². The van der Waals surface area contributed by atoms with Gasteiger partial charge >= 0.3 is 0 Å². The maximum atomic E-state index is 6.13. The van der Waals surface area contributed by atoms with Crippen LogP contribution in [0.5, 0.6) is 0 Å². The maximum Gasteiger partial charge on any atom is 0.170 e. The molecule has 0 saturated carbocycles. The molecule has 3 rings (SSSR count). The number of ether oxygens (including phenoxy) is 2. The molecular formula is C23H33O2P. The van der Waals surface area contributed by atoms with E-state index in [4.69, 9.17) is 9.47 Å². The third kappa shape index (κ3) is 3.70. The van der Waals surface area contributed by atoms with E-state index in [1.54, 1.807) is 0 Å². The van der Waals surface area contributed by atoms with E-state index in [0.29, 0.717) is 0 Å². The summed E-state index contributed by atoms with van der Waals surface area (Å²) in [5.74, 6) is -0.384. The fourth-order valence-corrected chi connectivity index (χ4v) is 9.70. The monoisotopic (exact) mass is 372 g/mol. The topological polar surface area (TPSA) is 18.5 Å². The van der Waals surface area contributed by atoms with Crippen molar-refractivity contribution in [3.05, 3.63) is 60.0 Å². The predicted octanol–water partition coefficient (Wildman–Crippen LogP) is 6.46. The van der Waals surface area contributed by atoms with E-state index in [-0.39, 0.29) is 16.1 Å². The maximum absolute atomic E-state index is 6.13. The highest BCUT2D eigenvalue weighted by molar-refractivity contribution is 7.65. The third-order valence-corrected chi connectivity index (χ3v) is 9.27. The Morgan fingerprint density at radius 2 is 1.73 bits per heavy atom. The van der Waals surface area contributed by atoms with Crippen LogP contribution in [0.15, 0.2) is 60.0 Å². The Balaban J connectivity index is 2.03. The molecule has 0 aromatic carbocycles. The number of allylic oxidation sites excluding steroid dienone is 8. The zero-order valence-corrected chi connectivity index (χ0v) is 17.7. The number of hydrogen-bond acceptors (Lipinski definition) is 2. The second kappa shape index (κ2) is 7.23. The zero-order valence-electron chi connectivity index (χ0n) is 16.8. The highest BCUT2D eigenvalue weighted by Crippen LogP contribution is 2.73. The Bertz CT molecular complexity index is 652. The first-order chi connectivity index (χ1) is 12.2. The summed E-state index contributed by atoms with van der Waals surface area (Å²) in [5.41, 5.74) is 2.56. The van der Waals surface area contributed by atoms with Crippen molar-refractivity contribution in [2.45, 2.75) is 69.5 Å². The Hall–Kier alpha value is -0.950. The van der Waals surface area contributed by atoms with Crippen LogP contribution in [0.2, 0.25) is 0 Å². The van der Waals surface area contributed by atoms with Crippen LogP contribution in [0.3, 0.4) is 0 Å². The van der Waals surface area contributed by atoms with E-state index in [1.807, 2.05) is 12.2 Å². The molecule has 2 fully saturated rings. The summed E-state index contributed by atoms with van der Waals surface area (Å²) in [6.07, 6.45) is 14.7. The number of rotatable bonds is 4. The van der Waals surface area contributed by atoms with Crippen LogP contribution < -0.4 is 0 Å². The van der Waals surface area contributed by atoms with Gasteiger partial charge in [-0.1, -0.05) is 79.2 Å². The van der Waals surface area contributed by atoms with Crippen molar-refractivity contribution in [2.24, 2.45) is 0 Å². The van der Waals surface area contributed by atoms with Crippen LogP contribution >= 0.6 is 7.92 Å². The van der Waals surface area contributed by atoms with Gasteiger partial charge in [-0.15, -0.1) is 0 Å². The van der Waals surface area contributed by atoms with Crippen LogP contribution in [-0.2, 0) is 9.47 Å². The first-order valence-electron chi connectivity index (χ1n) is 9.67. The van der Waals surface area contributed by atoms with Gasteiger partial charge in [0.05, 0.1) is 13.2 Å². The lowest BCUT2D eigenvalue weighted by atomic mass is 9.91. The van der Waals surface area contributed by atoms with E-state index in [1.165, 1.54) is 10.9 Å². The van der Waals surface area contributed by atoms with Gasteiger partial charge in [-0.25, -0.2) is 0 Å². The summed E-state index contributed by atoms with van der Waals surface area (Å²) in [4.78, 5) is 0. The summed E-state index contributed by atoms with van der Waals surface area (Å²) in [7, 11) is -0.393. The average molecular weight is 372 g/mol. The molecule has 3 aliphatic rings. The van der Waals surface area contributed by atoms with Crippen LogP contribution in [0.4, 0.5) is 0 Å². The van der Waals surface area contributed by atoms with Crippen LogP contribution in [-0.4, -0.2) is 29.3 Å². The summed E-state index contributed by atoms with van der Waals surface area (Å²) >= 11 is 0. The molecule has 2 heterocycles. The largest absolute Gasteiger partial charge is 0.347 e. The second-order valence-corrected chi connectivity index (χ2v) is 12.4. The van der Waals surface area contributed by atoms with Gasteiger partial charge in [0.1, 0.15) is 0 Å². The normalized spacial score (nSPS) is 27.4. The summed E-state index contributed by atoms with van der Waals surface area (Å²) in [6, 6.07) is 0. The highest BCUT2D eigenvalue weighted by atomic mass is 31.1. The molecule has 0 bridgehead atoms. The van der Waals surface area contributed by atoms with Crippen LogP contribution in [0.1, 0.15) is 53.4 Å². The standard InChI is InChI=1S/C23H33O2P/c1-7-8-11-18(2)19-12-9-10-13-20(19)26-21(3,4)16-23(17-22(26,5)6)24-14-15-25-23/h7-8,10-11,13H,1-2,9,12,14-17H2,3-6H3. The van der Waals surface area contributed by atoms with E-state index >= 15 is 0 Å². The summed E-state index contributed by atoms with van der Waals surface area (Å²) in [6.45, 7) is 19.2. The molecular weight excluding hydrogens is 339 g/mol. The predicted molar refractivity (Wildman–Crippen MR) is 113 cm³/mol. The molecule has 0 unspecified atom stereocenters. The van der Waals surface area contributed by atoms with Crippen molar-refractivity contribution in [1.29, 1.82) is 0 Å². The van der Waals surface area contributed by atoms with Gasteiger partial charge in [0.2, 0.25) is 0 Å². The zero-order chi connectivity index (χ0) is 19.0. The Kier molecular flexibility index (Phi) is 5.50. The van der Waals surface area contributed by atoms with Crippen molar-refractivity contribution in [3.8, 4) is 0 Å². The SMILES string of the molecule is C=CC=CC(=C)C1=C(P2C(C)(C)CC3(CC2(C)C)OCCO3)C=CCC1. The molecule has 2 saturated heterocycles. The average Bonchev–Trinajstić information content (AvgIpc) is 2.97. The molecule has 0 atom stereocenters. The molecule has 2 nitrogen and oxygen atoms in total. The minimum Gasteiger partial charge on any atom is -0.347 e. The molecule has 3 heteroatoms. The Morgan fingerprint density at radius 3 is 2.31 bits per heavy atom. The van der Waals surface area contributed by atoms with E-state index < -0.39 is 7.92 Å². The fraction of sp³-hybridized carbons (Fsp3) is 0.565. The van der Waals surface area contributed by atoms with E-state index in [2.05, 4.69) is 59.1 Å². The van der Waals surface area contributed by atoms with Crippen molar-refractivity contribution in [2.75, 3.05) is 13.2 Å². The molecule has 0 aromatic heterocycles. The lowest BCUT2D eigenvalue weighted by Crippen LogP contribution is -2.50. The van der Waals surface area contributed by atoms with Crippen molar-refractivity contribution >= 4 is 7.92 Å². The van der Waals surface area contributed by atoms with Gasteiger partial charge in [0.25, 0.3) is 0 Å². The minimum atomic E-state index is -0.393. The molecule has 0 aromatic rings. The summed E-state index contributed by atoms with van der Waals surface area (Å²) in [5, 5.41) is 1.81. The van der Waals surface area contributed by atoms with Crippen LogP contribution in [0.25, 0.3) is 0 Å². The van der Waals surface area contributed by atoms with E-state index in [0.717, 1.165) is 44.5 Å².